The van der Waals surface area contributed by atoms with Gasteiger partial charge < -0.3 is 15.9 Å². The van der Waals surface area contributed by atoms with Crippen molar-refractivity contribution in [1.29, 1.82) is 0 Å². The third-order valence-corrected chi connectivity index (χ3v) is 6.72. The maximum Gasteiger partial charge on any atom is 0.416 e. The predicted octanol–water partition coefficient (Wildman–Crippen LogP) is 5.91. The molecule has 0 aliphatic carbocycles. The van der Waals surface area contributed by atoms with Gasteiger partial charge in [-0.2, -0.15) is 26.3 Å². The SMILES string of the molecule is C[C@H](CCc1ccc(C(N)=O)cc1)N(C[C@@H](O)c1cccc(C(F)(F)F)c1)C[C@@H](O)c1cccc(C(F)(F)F)c1. The van der Waals surface area contributed by atoms with Crippen molar-refractivity contribution in [3.05, 3.63) is 106 Å². The van der Waals surface area contributed by atoms with E-state index >= 15 is 0 Å². The molecule has 0 aliphatic rings. The largest absolute Gasteiger partial charge is 0.416 e. The average molecular weight is 569 g/mol. The van der Waals surface area contributed by atoms with Crippen LogP contribution in [0.5, 0.6) is 0 Å². The zero-order chi connectivity index (χ0) is 29.7. The van der Waals surface area contributed by atoms with E-state index in [2.05, 4.69) is 0 Å². The number of nitrogens with zero attached hydrogens (tertiary/aromatic N) is 1. The molecule has 3 aromatic rings. The highest BCUT2D eigenvalue weighted by Gasteiger charge is 2.32. The number of hydrogen-bond acceptors (Lipinski definition) is 4. The van der Waals surface area contributed by atoms with Crippen LogP contribution in [0.25, 0.3) is 0 Å². The zero-order valence-corrected chi connectivity index (χ0v) is 21.6. The summed E-state index contributed by atoms with van der Waals surface area (Å²) in [5, 5.41) is 21.7. The number of alkyl halides is 6. The van der Waals surface area contributed by atoms with Gasteiger partial charge in [0.15, 0.2) is 0 Å². The Kier molecular flexibility index (Phi) is 9.99. The van der Waals surface area contributed by atoms with Crippen LogP contribution < -0.4 is 5.73 Å². The van der Waals surface area contributed by atoms with Crippen molar-refractivity contribution >= 4 is 5.91 Å². The van der Waals surface area contributed by atoms with Gasteiger partial charge in [-0.3, -0.25) is 9.69 Å². The molecule has 3 atom stereocenters. The fraction of sp³-hybridized carbons (Fsp3) is 0.345. The molecule has 4 N–H and O–H groups in total. The molecule has 3 rings (SSSR count). The summed E-state index contributed by atoms with van der Waals surface area (Å²) >= 11 is 0. The van der Waals surface area contributed by atoms with Crippen molar-refractivity contribution in [3.8, 4) is 0 Å². The Labute approximate surface area is 227 Å². The van der Waals surface area contributed by atoms with E-state index in [0.717, 1.165) is 29.8 Å². The Balaban J connectivity index is 1.81. The van der Waals surface area contributed by atoms with Gasteiger partial charge in [-0.25, -0.2) is 0 Å². The van der Waals surface area contributed by atoms with E-state index in [0.29, 0.717) is 18.4 Å². The zero-order valence-electron chi connectivity index (χ0n) is 21.6. The molecule has 0 aliphatic heterocycles. The number of aryl methyl sites for hydroxylation is 1. The van der Waals surface area contributed by atoms with E-state index in [-0.39, 0.29) is 30.3 Å². The summed E-state index contributed by atoms with van der Waals surface area (Å²) in [6, 6.07) is 14.8. The summed E-state index contributed by atoms with van der Waals surface area (Å²) in [6.07, 6.45) is -11.0. The van der Waals surface area contributed by atoms with Crippen LogP contribution in [0.3, 0.4) is 0 Å². The molecular weight excluding hydrogens is 538 g/mol. The molecule has 0 bridgehead atoms. The maximum absolute atomic E-state index is 13.2. The molecule has 216 valence electrons. The lowest BCUT2D eigenvalue weighted by atomic mass is 10.00. The standard InChI is InChI=1S/C29H30F6N2O3/c1-18(8-9-19-10-12-20(13-11-19)27(36)40)37(16-25(38)21-4-2-6-23(14-21)28(30,31)32)17-26(39)22-5-3-7-24(15-22)29(33,34)35/h2-7,10-15,18,25-26,38-39H,8-9,16-17H2,1H3,(H2,36,40)/t18-,25-,26-/m1/s1. The molecule has 40 heavy (non-hydrogen) atoms. The van der Waals surface area contributed by atoms with Crippen LogP contribution in [0.15, 0.2) is 72.8 Å². The van der Waals surface area contributed by atoms with Crippen molar-refractivity contribution in [3.63, 3.8) is 0 Å². The Morgan fingerprint density at radius 3 is 1.65 bits per heavy atom. The summed E-state index contributed by atoms with van der Waals surface area (Å²) in [4.78, 5) is 12.9. The molecule has 0 aromatic heterocycles. The molecule has 0 saturated heterocycles. The number of carbonyl (C=O) groups is 1. The van der Waals surface area contributed by atoms with Crippen molar-refractivity contribution in [2.75, 3.05) is 13.1 Å². The number of amides is 1. The number of rotatable bonds is 11. The van der Waals surface area contributed by atoms with Gasteiger partial charge >= 0.3 is 12.4 Å². The Morgan fingerprint density at radius 2 is 1.25 bits per heavy atom. The van der Waals surface area contributed by atoms with Gasteiger partial charge in [0.1, 0.15) is 0 Å². The number of halogens is 6. The third kappa shape index (κ3) is 8.54. The fourth-order valence-corrected chi connectivity index (χ4v) is 4.33. The number of aliphatic hydroxyl groups is 2. The summed E-state index contributed by atoms with van der Waals surface area (Å²) in [7, 11) is 0. The maximum atomic E-state index is 13.2. The van der Waals surface area contributed by atoms with Crippen LogP contribution in [0, 0.1) is 0 Å². The van der Waals surface area contributed by atoms with Crippen LogP contribution in [-0.2, 0) is 18.8 Å². The van der Waals surface area contributed by atoms with Gasteiger partial charge in [-0.15, -0.1) is 0 Å². The van der Waals surface area contributed by atoms with E-state index in [1.54, 1.807) is 36.1 Å². The second kappa shape index (κ2) is 12.8. The number of primary amides is 1. The Bertz CT molecular complexity index is 1210. The molecular formula is C29H30F6N2O3. The lowest BCUT2D eigenvalue weighted by Crippen LogP contribution is -2.39. The quantitative estimate of drug-likeness (QED) is 0.251. The number of aliphatic hydroxyl groups excluding tert-OH is 2. The van der Waals surface area contributed by atoms with Gasteiger partial charge in [0.25, 0.3) is 0 Å². The lowest BCUT2D eigenvalue weighted by Gasteiger charge is -2.33. The molecule has 1 amide bonds. The second-order valence-corrected chi connectivity index (χ2v) is 9.68. The van der Waals surface area contributed by atoms with Gasteiger partial charge in [0.05, 0.1) is 23.3 Å². The van der Waals surface area contributed by atoms with E-state index in [9.17, 15) is 41.4 Å². The summed E-state index contributed by atoms with van der Waals surface area (Å²) in [5.41, 5.74) is 4.66. The molecule has 0 unspecified atom stereocenters. The Morgan fingerprint density at radius 1 is 0.800 bits per heavy atom. The van der Waals surface area contributed by atoms with Gasteiger partial charge in [-0.1, -0.05) is 36.4 Å². The molecule has 0 fully saturated rings. The van der Waals surface area contributed by atoms with E-state index in [1.165, 1.54) is 24.3 Å². The van der Waals surface area contributed by atoms with E-state index in [1.807, 2.05) is 0 Å². The minimum atomic E-state index is -4.60. The van der Waals surface area contributed by atoms with Crippen LogP contribution in [0.4, 0.5) is 26.3 Å². The number of hydrogen-bond donors (Lipinski definition) is 3. The average Bonchev–Trinajstić information content (AvgIpc) is 2.90. The minimum Gasteiger partial charge on any atom is -0.387 e. The highest BCUT2D eigenvalue weighted by Crippen LogP contribution is 2.33. The van der Waals surface area contributed by atoms with E-state index in [4.69, 9.17) is 5.73 Å². The monoisotopic (exact) mass is 568 g/mol. The van der Waals surface area contributed by atoms with Crippen molar-refractivity contribution < 1.29 is 41.4 Å². The summed E-state index contributed by atoms with van der Waals surface area (Å²) in [5.74, 6) is -0.571. The minimum absolute atomic E-state index is 0.0163. The first-order chi connectivity index (χ1) is 18.6. The summed E-state index contributed by atoms with van der Waals surface area (Å²) in [6.45, 7) is 1.42. The molecule has 3 aromatic carbocycles. The Hall–Kier alpha value is -3.41. The topological polar surface area (TPSA) is 86.8 Å². The number of benzene rings is 3. The molecule has 0 heterocycles. The summed E-state index contributed by atoms with van der Waals surface area (Å²) < 4.78 is 79.2. The number of carbonyl (C=O) groups excluding carboxylic acids is 1. The molecule has 0 saturated carbocycles. The number of nitrogens with two attached hydrogens (primary N) is 1. The highest BCUT2D eigenvalue weighted by atomic mass is 19.4. The fourth-order valence-electron chi connectivity index (χ4n) is 4.33. The van der Waals surface area contributed by atoms with Gasteiger partial charge in [0, 0.05) is 24.7 Å². The van der Waals surface area contributed by atoms with E-state index < -0.39 is 41.6 Å². The van der Waals surface area contributed by atoms with Crippen LogP contribution >= 0.6 is 0 Å². The lowest BCUT2D eigenvalue weighted by molar-refractivity contribution is -0.138. The van der Waals surface area contributed by atoms with Crippen LogP contribution in [0.1, 0.15) is 63.7 Å². The molecule has 0 radical (unpaired) electrons. The van der Waals surface area contributed by atoms with Crippen molar-refractivity contribution in [2.45, 2.75) is 50.4 Å². The highest BCUT2D eigenvalue weighted by molar-refractivity contribution is 5.92. The van der Waals surface area contributed by atoms with Crippen LogP contribution in [-0.4, -0.2) is 40.2 Å². The second-order valence-electron chi connectivity index (χ2n) is 9.68. The van der Waals surface area contributed by atoms with Crippen molar-refractivity contribution in [1.82, 2.24) is 4.90 Å². The van der Waals surface area contributed by atoms with Crippen LogP contribution in [0.2, 0.25) is 0 Å². The third-order valence-electron chi connectivity index (χ3n) is 6.72. The first-order valence-electron chi connectivity index (χ1n) is 12.5. The normalized spacial score (nSPS) is 14.7. The van der Waals surface area contributed by atoms with Gasteiger partial charge in [-0.05, 0) is 72.9 Å². The predicted molar refractivity (Wildman–Crippen MR) is 137 cm³/mol. The first kappa shape index (κ1) is 31.1. The van der Waals surface area contributed by atoms with Gasteiger partial charge in [0.2, 0.25) is 5.91 Å². The molecule has 0 spiro atoms. The van der Waals surface area contributed by atoms with Crippen molar-refractivity contribution in [2.24, 2.45) is 5.73 Å². The molecule has 5 nitrogen and oxygen atoms in total. The smallest absolute Gasteiger partial charge is 0.387 e. The first-order valence-corrected chi connectivity index (χ1v) is 12.5. The molecule has 11 heteroatoms.